The monoisotopic (exact) mass is 287 g/mol. The minimum absolute atomic E-state index is 0.147. The van der Waals surface area contributed by atoms with Crippen LogP contribution < -0.4 is 0 Å². The van der Waals surface area contributed by atoms with Crippen LogP contribution in [0.5, 0.6) is 0 Å². The van der Waals surface area contributed by atoms with Gasteiger partial charge in [-0.2, -0.15) is 0 Å². The summed E-state index contributed by atoms with van der Waals surface area (Å²) in [4.78, 5) is 24.2. The third-order valence-electron chi connectivity index (χ3n) is 3.31. The van der Waals surface area contributed by atoms with E-state index in [1.807, 2.05) is 0 Å². The summed E-state index contributed by atoms with van der Waals surface area (Å²) in [5.74, 6) is -6.86. The fourth-order valence-electron chi connectivity index (χ4n) is 2.28. The number of piperidine rings is 1. The minimum Gasteiger partial charge on any atom is -0.480 e. The number of carboxylic acid groups (broad SMARTS) is 1. The van der Waals surface area contributed by atoms with Gasteiger partial charge in [0.05, 0.1) is 5.56 Å². The smallest absolute Gasteiger partial charge is 0.326 e. The van der Waals surface area contributed by atoms with Crippen molar-refractivity contribution in [1.29, 1.82) is 0 Å². The molecule has 1 fully saturated rings. The lowest BCUT2D eigenvalue weighted by atomic mass is 10.0. The predicted molar refractivity (Wildman–Crippen MR) is 62.6 cm³/mol. The van der Waals surface area contributed by atoms with Crippen molar-refractivity contribution in [3.63, 3.8) is 0 Å². The minimum atomic E-state index is -1.74. The summed E-state index contributed by atoms with van der Waals surface area (Å²) >= 11 is 0. The number of rotatable bonds is 2. The Morgan fingerprint density at radius 1 is 1.15 bits per heavy atom. The zero-order chi connectivity index (χ0) is 14.9. The Balaban J connectivity index is 2.35. The molecule has 1 aromatic rings. The summed E-state index contributed by atoms with van der Waals surface area (Å²) in [6.07, 6.45) is 1.48. The second-order valence-electron chi connectivity index (χ2n) is 4.57. The fourth-order valence-corrected chi connectivity index (χ4v) is 2.28. The lowest BCUT2D eigenvalue weighted by molar-refractivity contribution is -0.143. The maximum absolute atomic E-state index is 13.6. The second-order valence-corrected chi connectivity index (χ2v) is 4.57. The van der Waals surface area contributed by atoms with E-state index in [1.54, 1.807) is 0 Å². The molecule has 1 heterocycles. The van der Waals surface area contributed by atoms with E-state index in [0.29, 0.717) is 18.9 Å². The number of hydrogen-bond acceptors (Lipinski definition) is 2. The summed E-state index contributed by atoms with van der Waals surface area (Å²) in [5, 5.41) is 9.05. The molecule has 0 radical (unpaired) electrons. The topological polar surface area (TPSA) is 57.6 Å². The summed E-state index contributed by atoms with van der Waals surface area (Å²) < 4.78 is 39.6. The van der Waals surface area contributed by atoms with Gasteiger partial charge in [-0.1, -0.05) is 0 Å². The summed E-state index contributed by atoms with van der Waals surface area (Å²) in [6, 6.07) is 0.401. The van der Waals surface area contributed by atoms with Crippen LogP contribution in [-0.2, 0) is 4.79 Å². The highest BCUT2D eigenvalue weighted by Gasteiger charge is 2.34. The first-order chi connectivity index (χ1) is 9.43. The Hall–Kier alpha value is -2.05. The highest BCUT2D eigenvalue weighted by Crippen LogP contribution is 2.22. The van der Waals surface area contributed by atoms with E-state index in [0.717, 1.165) is 11.0 Å². The van der Waals surface area contributed by atoms with Crippen molar-refractivity contribution >= 4 is 11.9 Å². The van der Waals surface area contributed by atoms with E-state index < -0.39 is 40.9 Å². The molecule has 0 saturated carbocycles. The number of likely N-dealkylation sites (tertiary alicyclic amines) is 1. The van der Waals surface area contributed by atoms with Crippen molar-refractivity contribution in [2.24, 2.45) is 0 Å². The van der Waals surface area contributed by atoms with Gasteiger partial charge in [-0.05, 0) is 31.4 Å². The van der Waals surface area contributed by atoms with Gasteiger partial charge in [0.25, 0.3) is 5.91 Å². The lowest BCUT2D eigenvalue weighted by Gasteiger charge is -2.33. The number of carboxylic acids is 1. The number of halogens is 3. The third-order valence-corrected chi connectivity index (χ3v) is 3.31. The van der Waals surface area contributed by atoms with E-state index >= 15 is 0 Å². The molecule has 1 amide bonds. The maximum Gasteiger partial charge on any atom is 0.326 e. The molecule has 1 N–H and O–H groups in total. The van der Waals surface area contributed by atoms with Crippen LogP contribution in [0.15, 0.2) is 12.1 Å². The highest BCUT2D eigenvalue weighted by atomic mass is 19.2. The fraction of sp³-hybridized carbons (Fsp3) is 0.385. The number of carbonyl (C=O) groups excluding carboxylic acids is 1. The molecule has 4 nitrogen and oxygen atoms in total. The zero-order valence-corrected chi connectivity index (χ0v) is 10.4. The van der Waals surface area contributed by atoms with Gasteiger partial charge >= 0.3 is 5.97 Å². The van der Waals surface area contributed by atoms with E-state index in [1.165, 1.54) is 0 Å². The Labute approximate surface area is 112 Å². The SMILES string of the molecule is O=C(O)C1CCCCN1C(=O)c1ccc(F)c(F)c1F. The molecule has 1 aliphatic heterocycles. The van der Waals surface area contributed by atoms with Gasteiger partial charge in [0.2, 0.25) is 0 Å². The molecule has 1 aliphatic rings. The van der Waals surface area contributed by atoms with Crippen LogP contribution >= 0.6 is 0 Å². The van der Waals surface area contributed by atoms with Gasteiger partial charge in [0, 0.05) is 6.54 Å². The van der Waals surface area contributed by atoms with E-state index in [9.17, 15) is 22.8 Å². The van der Waals surface area contributed by atoms with Gasteiger partial charge in [-0.25, -0.2) is 18.0 Å². The molecule has 1 unspecified atom stereocenters. The predicted octanol–water partition coefficient (Wildman–Crippen LogP) is 2.18. The normalized spacial score (nSPS) is 18.9. The molecule has 20 heavy (non-hydrogen) atoms. The van der Waals surface area contributed by atoms with E-state index in [-0.39, 0.29) is 13.0 Å². The van der Waals surface area contributed by atoms with Gasteiger partial charge in [0.1, 0.15) is 6.04 Å². The van der Waals surface area contributed by atoms with Gasteiger partial charge < -0.3 is 10.0 Å². The van der Waals surface area contributed by atoms with Crippen LogP contribution in [-0.4, -0.2) is 34.5 Å². The van der Waals surface area contributed by atoms with Gasteiger partial charge in [-0.3, -0.25) is 4.79 Å². The largest absolute Gasteiger partial charge is 0.480 e. The van der Waals surface area contributed by atoms with Crippen LogP contribution in [0.25, 0.3) is 0 Å². The zero-order valence-electron chi connectivity index (χ0n) is 10.4. The number of hydrogen-bond donors (Lipinski definition) is 1. The first-order valence-electron chi connectivity index (χ1n) is 6.10. The molecule has 0 bridgehead atoms. The van der Waals surface area contributed by atoms with Crippen molar-refractivity contribution in [1.82, 2.24) is 4.90 Å². The van der Waals surface area contributed by atoms with Crippen LogP contribution in [0.3, 0.4) is 0 Å². The molecule has 0 aromatic heterocycles. The summed E-state index contributed by atoms with van der Waals surface area (Å²) in [7, 11) is 0. The highest BCUT2D eigenvalue weighted by molar-refractivity contribution is 5.97. The molecule has 0 aliphatic carbocycles. The molecule has 1 aromatic carbocycles. The Morgan fingerprint density at radius 2 is 1.85 bits per heavy atom. The van der Waals surface area contributed by atoms with Crippen LogP contribution in [0, 0.1) is 17.5 Å². The van der Waals surface area contributed by atoms with Crippen molar-refractivity contribution in [2.45, 2.75) is 25.3 Å². The van der Waals surface area contributed by atoms with E-state index in [2.05, 4.69) is 0 Å². The van der Waals surface area contributed by atoms with Gasteiger partial charge in [0.15, 0.2) is 17.5 Å². The number of amides is 1. The Bertz CT molecular complexity index is 562. The molecule has 1 atom stereocenters. The van der Waals surface area contributed by atoms with Crippen molar-refractivity contribution in [3.05, 3.63) is 35.1 Å². The van der Waals surface area contributed by atoms with Crippen LogP contribution in [0.4, 0.5) is 13.2 Å². The maximum atomic E-state index is 13.6. The molecule has 1 saturated heterocycles. The van der Waals surface area contributed by atoms with E-state index in [4.69, 9.17) is 5.11 Å². The summed E-state index contributed by atoms with van der Waals surface area (Å²) in [5.41, 5.74) is -0.656. The average Bonchev–Trinajstić information content (AvgIpc) is 2.44. The molecule has 108 valence electrons. The number of aliphatic carboxylic acids is 1. The number of benzene rings is 1. The first-order valence-corrected chi connectivity index (χ1v) is 6.10. The molecule has 0 spiro atoms. The average molecular weight is 287 g/mol. The molecule has 7 heteroatoms. The third kappa shape index (κ3) is 2.48. The lowest BCUT2D eigenvalue weighted by Crippen LogP contribution is -2.48. The second kappa shape index (κ2) is 5.52. The Kier molecular flexibility index (Phi) is 3.96. The first kappa shape index (κ1) is 14.4. The summed E-state index contributed by atoms with van der Waals surface area (Å²) in [6.45, 7) is 0.147. The van der Waals surface area contributed by atoms with Gasteiger partial charge in [-0.15, -0.1) is 0 Å². The van der Waals surface area contributed by atoms with Crippen LogP contribution in [0.2, 0.25) is 0 Å². The number of nitrogens with zero attached hydrogens (tertiary/aromatic N) is 1. The quantitative estimate of drug-likeness (QED) is 0.848. The molecular weight excluding hydrogens is 275 g/mol. The van der Waals surface area contributed by atoms with Crippen molar-refractivity contribution in [2.75, 3.05) is 6.54 Å². The molecular formula is C13H12F3NO3. The van der Waals surface area contributed by atoms with Crippen molar-refractivity contribution in [3.8, 4) is 0 Å². The standard InChI is InChI=1S/C13H12F3NO3/c14-8-5-4-7(10(15)11(8)16)12(18)17-6-2-1-3-9(17)13(19)20/h4-5,9H,1-3,6H2,(H,19,20). The number of carbonyl (C=O) groups is 2. The van der Waals surface area contributed by atoms with Crippen LogP contribution in [0.1, 0.15) is 29.6 Å². The van der Waals surface area contributed by atoms with Crippen molar-refractivity contribution < 1.29 is 27.9 Å². The Morgan fingerprint density at radius 3 is 2.50 bits per heavy atom. The molecule has 2 rings (SSSR count).